The molecule has 2 fully saturated rings. The molecule has 3 rings (SSSR count). The minimum absolute atomic E-state index is 0.00915. The fraction of sp³-hybridized carbons (Fsp3) is 0.744. The van der Waals surface area contributed by atoms with E-state index >= 15 is 0 Å². The number of rotatable bonds is 22. The quantitative estimate of drug-likeness (QED) is 0.0287. The van der Waals surface area contributed by atoms with Crippen molar-refractivity contribution in [1.82, 2.24) is 29.8 Å². The van der Waals surface area contributed by atoms with Gasteiger partial charge in [0.15, 0.2) is 5.96 Å². The summed E-state index contributed by atoms with van der Waals surface area (Å²) in [6.07, 6.45) is 1.17. The van der Waals surface area contributed by atoms with Crippen LogP contribution in [0.2, 0.25) is 0 Å². The molecule has 3 N–H and O–H groups in total. The van der Waals surface area contributed by atoms with Crippen LogP contribution in [0.4, 0.5) is 0 Å². The number of nitrogens with zero attached hydrogens (tertiary/aromatic N) is 9. The molecule has 2 saturated heterocycles. The number of likely N-dealkylation sites (tertiary alicyclic amines) is 1. The molecule has 20 heteroatoms. The van der Waals surface area contributed by atoms with E-state index in [2.05, 4.69) is 20.2 Å². The molecule has 63 heavy (non-hydrogen) atoms. The topological polar surface area (TPSA) is 234 Å². The van der Waals surface area contributed by atoms with Gasteiger partial charge in [0, 0.05) is 92.4 Å². The van der Waals surface area contributed by atoms with Crippen molar-refractivity contribution >= 4 is 37.2 Å². The van der Waals surface area contributed by atoms with Gasteiger partial charge < -0.3 is 49.1 Å². The molecule has 2 heterocycles. The van der Waals surface area contributed by atoms with Gasteiger partial charge in [-0.1, -0.05) is 76.5 Å². The van der Waals surface area contributed by atoms with Crippen molar-refractivity contribution in [2.75, 3.05) is 74.6 Å². The van der Waals surface area contributed by atoms with Crippen LogP contribution in [0.5, 0.6) is 0 Å². The van der Waals surface area contributed by atoms with Crippen molar-refractivity contribution in [3.05, 3.63) is 46.3 Å². The van der Waals surface area contributed by atoms with Crippen molar-refractivity contribution in [2.24, 2.45) is 27.9 Å². The molecule has 1 aromatic rings. The Balaban J connectivity index is 1.79. The lowest BCUT2D eigenvalue weighted by molar-refractivity contribution is -0.146. The molecule has 4 amide bonds. The van der Waals surface area contributed by atoms with Crippen molar-refractivity contribution in [1.29, 1.82) is 0 Å². The van der Waals surface area contributed by atoms with Crippen LogP contribution in [0, 0.1) is 17.8 Å². The Hall–Kier alpha value is -4.25. The molecular formula is C43H73N10O9P. The van der Waals surface area contributed by atoms with E-state index in [1.54, 1.807) is 59.0 Å². The normalized spacial score (nSPS) is 19.3. The number of amides is 4. The fourth-order valence-corrected chi connectivity index (χ4v) is 9.40. The molecule has 19 nitrogen and oxygen atoms in total. The summed E-state index contributed by atoms with van der Waals surface area (Å²) in [5.41, 5.74) is 9.18. The third kappa shape index (κ3) is 14.9. The van der Waals surface area contributed by atoms with Crippen molar-refractivity contribution < 1.29 is 43.0 Å². The third-order valence-electron chi connectivity index (χ3n) is 12.4. The van der Waals surface area contributed by atoms with Crippen molar-refractivity contribution in [3.8, 4) is 0 Å². The monoisotopic (exact) mass is 905 g/mol. The second-order valence-corrected chi connectivity index (χ2v) is 19.1. The molecule has 0 radical (unpaired) electrons. The van der Waals surface area contributed by atoms with Gasteiger partial charge in [-0.2, -0.15) is 0 Å². The van der Waals surface area contributed by atoms with E-state index < -0.39 is 55.5 Å². The van der Waals surface area contributed by atoms with Crippen LogP contribution >= 0.6 is 7.60 Å². The van der Waals surface area contributed by atoms with Crippen LogP contribution in [0.1, 0.15) is 78.7 Å². The highest BCUT2D eigenvalue weighted by Gasteiger charge is 2.44. The van der Waals surface area contributed by atoms with Gasteiger partial charge in [0.1, 0.15) is 11.8 Å². The van der Waals surface area contributed by atoms with Gasteiger partial charge in [-0.3, -0.25) is 23.7 Å². The minimum atomic E-state index is -4.73. The first kappa shape index (κ1) is 53.1. The van der Waals surface area contributed by atoms with Gasteiger partial charge in [-0.15, -0.1) is 0 Å². The Bertz CT molecular complexity index is 1770. The predicted octanol–water partition coefficient (Wildman–Crippen LogP) is 3.95. The summed E-state index contributed by atoms with van der Waals surface area (Å²) in [6.45, 7) is 12.3. The maximum atomic E-state index is 14.6. The highest BCUT2D eigenvalue weighted by molar-refractivity contribution is 7.52. The number of methoxy groups -OCH3 is 2. The summed E-state index contributed by atoms with van der Waals surface area (Å²) >= 11 is 0. The second-order valence-electron chi connectivity index (χ2n) is 17.3. The number of likely N-dealkylation sites (N-methyl/N-ethyl adjacent to an activating group) is 1. The van der Waals surface area contributed by atoms with Crippen LogP contribution in [0.15, 0.2) is 40.4 Å². The van der Waals surface area contributed by atoms with E-state index in [0.29, 0.717) is 76.4 Å². The molecule has 0 bridgehead atoms. The lowest BCUT2D eigenvalue weighted by Gasteiger charge is -2.41. The minimum Gasteiger partial charge on any atom is -0.379 e. The van der Waals surface area contributed by atoms with Crippen LogP contribution in [0.3, 0.4) is 0 Å². The number of hydrogen-bond acceptors (Lipinski definition) is 9. The highest BCUT2D eigenvalue weighted by Crippen LogP contribution is 2.41. The SMILES string of the molecule is CCC(C)C(C(CC(=O)N1CCC[C@H]1C(OC)C(C)C(=O)NC(Cc1ccccc1)P(=O)(O)O)OC)N(C)C(=O)C(/N=C(/N(C)C)N1CCN(C(=O)CCCN=[N+]=[N-])CC1)C(C)C. The number of aliphatic imine (C=N–C) groups is 1. The van der Waals surface area contributed by atoms with Crippen LogP contribution in [-0.4, -0.2) is 175 Å². The molecule has 0 aliphatic carbocycles. The lowest BCUT2D eigenvalue weighted by atomic mass is 9.89. The van der Waals surface area contributed by atoms with Gasteiger partial charge in [0.05, 0.1) is 36.6 Å². The molecule has 1 aromatic carbocycles. The maximum absolute atomic E-state index is 14.6. The Morgan fingerprint density at radius 1 is 0.968 bits per heavy atom. The third-order valence-corrected chi connectivity index (χ3v) is 13.5. The zero-order chi connectivity index (χ0) is 47.0. The summed E-state index contributed by atoms with van der Waals surface area (Å²) in [6, 6.07) is 7.04. The first-order valence-corrected chi connectivity index (χ1v) is 23.8. The number of nitrogens with one attached hydrogen (secondary N) is 1. The first-order chi connectivity index (χ1) is 29.8. The lowest BCUT2D eigenvalue weighted by Crippen LogP contribution is -2.56. The number of benzene rings is 1. The zero-order valence-corrected chi connectivity index (χ0v) is 39.9. The van der Waals surface area contributed by atoms with E-state index in [1.807, 2.05) is 46.7 Å². The number of ether oxygens (including phenoxy) is 2. The zero-order valence-electron chi connectivity index (χ0n) is 39.0. The molecule has 354 valence electrons. The summed E-state index contributed by atoms with van der Waals surface area (Å²) in [7, 11) is 3.77. The summed E-state index contributed by atoms with van der Waals surface area (Å²) in [5.74, 6) is -2.93. The molecule has 2 aliphatic rings. The Morgan fingerprint density at radius 3 is 2.14 bits per heavy atom. The standard InChI is InChI=1S/C43H73N10O9P/c1-11-30(4)39(50(8)42(57)38(29(2)3)47-43(49(6)7)52-25-23-51(24-26-52)36(54)20-15-21-45-48-44)34(61-9)28-37(55)53-22-16-19-33(53)40(62-10)31(5)41(56)46-35(63(58,59)60)27-32-17-13-12-14-18-32/h12-14,17-18,29-31,33-35,38-40H,11,15-16,19-28H2,1-10H3,(H,46,56)(H2,58,59,60)/b47-43-/t30?,31?,33-,34?,35?,38?,39?,40?/m0/s1. The number of carbonyl (C=O) groups excluding carboxylic acids is 4. The number of piperazine rings is 1. The van der Waals surface area contributed by atoms with E-state index in [0.717, 1.165) is 0 Å². The van der Waals surface area contributed by atoms with E-state index in [4.69, 9.17) is 20.0 Å². The van der Waals surface area contributed by atoms with Gasteiger partial charge in [-0.25, -0.2) is 4.99 Å². The predicted molar refractivity (Wildman–Crippen MR) is 241 cm³/mol. The molecule has 8 atom stereocenters. The first-order valence-electron chi connectivity index (χ1n) is 22.1. The van der Waals surface area contributed by atoms with Crippen LogP contribution in [0.25, 0.3) is 10.4 Å². The van der Waals surface area contributed by atoms with E-state index in [-0.39, 0.29) is 48.9 Å². The van der Waals surface area contributed by atoms with Crippen molar-refractivity contribution in [2.45, 2.75) is 116 Å². The number of carbonyl (C=O) groups is 4. The van der Waals surface area contributed by atoms with E-state index in [9.17, 15) is 33.5 Å². The number of guanidine groups is 1. The summed E-state index contributed by atoms with van der Waals surface area (Å²) < 4.78 is 24.4. The second kappa shape index (κ2) is 25.3. The van der Waals surface area contributed by atoms with Gasteiger partial charge in [0.25, 0.3) is 0 Å². The molecule has 0 saturated carbocycles. The summed E-state index contributed by atoms with van der Waals surface area (Å²) in [5, 5.41) is 6.09. The molecule has 0 spiro atoms. The number of azide groups is 1. The van der Waals surface area contributed by atoms with E-state index in [1.165, 1.54) is 14.2 Å². The van der Waals surface area contributed by atoms with Gasteiger partial charge >= 0.3 is 7.60 Å². The average Bonchev–Trinajstić information content (AvgIpc) is 3.74. The highest BCUT2D eigenvalue weighted by atomic mass is 31.2. The Kier molecular flexibility index (Phi) is 21.3. The Labute approximate surface area is 373 Å². The van der Waals surface area contributed by atoms with Crippen LogP contribution < -0.4 is 5.32 Å². The van der Waals surface area contributed by atoms with Crippen molar-refractivity contribution in [3.63, 3.8) is 0 Å². The molecule has 0 aromatic heterocycles. The average molecular weight is 905 g/mol. The Morgan fingerprint density at radius 2 is 1.60 bits per heavy atom. The maximum Gasteiger partial charge on any atom is 0.347 e. The molecule has 2 aliphatic heterocycles. The van der Waals surface area contributed by atoms with Gasteiger partial charge in [0.2, 0.25) is 23.6 Å². The van der Waals surface area contributed by atoms with Crippen LogP contribution in [-0.2, 0) is 39.6 Å². The summed E-state index contributed by atoms with van der Waals surface area (Å²) in [4.78, 5) is 92.7. The molecule has 7 unspecified atom stereocenters. The largest absolute Gasteiger partial charge is 0.379 e. The smallest absolute Gasteiger partial charge is 0.347 e. The number of hydrogen-bond donors (Lipinski definition) is 3. The fourth-order valence-electron chi connectivity index (χ4n) is 8.66. The molecular weight excluding hydrogens is 832 g/mol. The van der Waals surface area contributed by atoms with Gasteiger partial charge in [-0.05, 0) is 42.2 Å².